The van der Waals surface area contributed by atoms with Crippen molar-refractivity contribution < 1.29 is 19.1 Å². The number of urea groups is 1. The third-order valence-corrected chi connectivity index (χ3v) is 4.38. The number of carbonyl (C=O) groups is 2. The zero-order valence-corrected chi connectivity index (χ0v) is 17.0. The third-order valence-electron chi connectivity index (χ3n) is 4.09. The van der Waals surface area contributed by atoms with Crippen molar-refractivity contribution in [3.8, 4) is 5.75 Å². The van der Waals surface area contributed by atoms with Gasteiger partial charge in [-0.05, 0) is 51.3 Å². The Morgan fingerprint density at radius 1 is 1.30 bits per heavy atom. The van der Waals surface area contributed by atoms with Crippen LogP contribution < -0.4 is 15.4 Å². The van der Waals surface area contributed by atoms with E-state index in [4.69, 9.17) is 21.1 Å². The van der Waals surface area contributed by atoms with E-state index in [2.05, 4.69) is 17.6 Å². The number of halogens is 1. The number of allylic oxidation sites excluding steroid dienone is 1. The van der Waals surface area contributed by atoms with Crippen LogP contribution in [0.25, 0.3) is 0 Å². The first kappa shape index (κ1) is 21.1. The minimum Gasteiger partial charge on any atom is -0.492 e. The van der Waals surface area contributed by atoms with Crippen molar-refractivity contribution in [1.82, 2.24) is 10.6 Å². The van der Waals surface area contributed by atoms with Gasteiger partial charge >= 0.3 is 12.0 Å². The predicted molar refractivity (Wildman–Crippen MR) is 105 cm³/mol. The van der Waals surface area contributed by atoms with Gasteiger partial charge in [-0.3, -0.25) is 0 Å². The summed E-state index contributed by atoms with van der Waals surface area (Å²) in [7, 11) is 0. The van der Waals surface area contributed by atoms with Gasteiger partial charge in [-0.25, -0.2) is 9.59 Å². The molecular formula is C20H27ClN2O4. The Hall–Kier alpha value is -2.21. The molecule has 0 fully saturated rings. The summed E-state index contributed by atoms with van der Waals surface area (Å²) < 4.78 is 10.9. The topological polar surface area (TPSA) is 76.7 Å². The van der Waals surface area contributed by atoms with Crippen molar-refractivity contribution in [2.75, 3.05) is 6.61 Å². The van der Waals surface area contributed by atoms with E-state index in [1.165, 1.54) is 0 Å². The van der Waals surface area contributed by atoms with Crippen LogP contribution in [-0.2, 0) is 9.53 Å². The first-order valence-corrected chi connectivity index (χ1v) is 9.68. The van der Waals surface area contributed by atoms with Gasteiger partial charge < -0.3 is 20.1 Å². The molecule has 6 nitrogen and oxygen atoms in total. The standard InChI is InChI=1S/C20H27ClN2O4/c1-5-7-8-15-17(19(24)27-12(3)4)18(23-20(25)22-15)13-9-10-16(26-6-2)14(21)11-13/h9-12,18H,5-8H2,1-4H3,(H2,22,23,25). The van der Waals surface area contributed by atoms with Gasteiger partial charge in [0.05, 0.1) is 29.3 Å². The first-order valence-electron chi connectivity index (χ1n) is 9.31. The van der Waals surface area contributed by atoms with Crippen molar-refractivity contribution in [1.29, 1.82) is 0 Å². The van der Waals surface area contributed by atoms with Gasteiger partial charge in [0.15, 0.2) is 0 Å². The second kappa shape index (κ2) is 9.65. The highest BCUT2D eigenvalue weighted by molar-refractivity contribution is 6.32. The molecule has 0 radical (unpaired) electrons. The maximum Gasteiger partial charge on any atom is 0.338 e. The lowest BCUT2D eigenvalue weighted by Gasteiger charge is -2.30. The highest BCUT2D eigenvalue weighted by atomic mass is 35.5. The molecule has 1 aliphatic heterocycles. The average Bonchev–Trinajstić information content (AvgIpc) is 2.60. The minimum absolute atomic E-state index is 0.264. The number of rotatable bonds is 8. The molecule has 1 atom stereocenters. The molecule has 0 bridgehead atoms. The molecule has 148 valence electrons. The molecule has 2 N–H and O–H groups in total. The Morgan fingerprint density at radius 3 is 2.63 bits per heavy atom. The molecule has 0 spiro atoms. The van der Waals surface area contributed by atoms with Crippen molar-refractivity contribution in [3.63, 3.8) is 0 Å². The number of hydrogen-bond donors (Lipinski definition) is 2. The van der Waals surface area contributed by atoms with E-state index in [0.29, 0.717) is 40.6 Å². The second-order valence-corrected chi connectivity index (χ2v) is 7.01. The molecule has 0 aromatic heterocycles. The molecule has 2 amide bonds. The van der Waals surface area contributed by atoms with Crippen molar-refractivity contribution in [2.24, 2.45) is 0 Å². The predicted octanol–water partition coefficient (Wildman–Crippen LogP) is 4.49. The van der Waals surface area contributed by atoms with Gasteiger partial charge in [0.2, 0.25) is 0 Å². The van der Waals surface area contributed by atoms with Crippen LogP contribution in [0.3, 0.4) is 0 Å². The number of hydrogen-bond acceptors (Lipinski definition) is 4. The molecular weight excluding hydrogens is 368 g/mol. The molecule has 1 aliphatic rings. The molecule has 1 aromatic carbocycles. The van der Waals surface area contributed by atoms with E-state index < -0.39 is 12.0 Å². The molecule has 2 rings (SSSR count). The van der Waals surface area contributed by atoms with E-state index in [0.717, 1.165) is 12.8 Å². The normalized spacial score (nSPS) is 16.8. The van der Waals surface area contributed by atoms with Gasteiger partial charge in [0.25, 0.3) is 0 Å². The van der Waals surface area contributed by atoms with E-state index in [1.54, 1.807) is 32.0 Å². The maximum absolute atomic E-state index is 12.8. The Bertz CT molecular complexity index is 731. The fourth-order valence-corrected chi connectivity index (χ4v) is 3.15. The zero-order chi connectivity index (χ0) is 20.0. The highest BCUT2D eigenvalue weighted by Gasteiger charge is 2.34. The Morgan fingerprint density at radius 2 is 2.04 bits per heavy atom. The molecule has 0 aliphatic carbocycles. The van der Waals surface area contributed by atoms with Gasteiger partial charge in [0.1, 0.15) is 5.75 Å². The highest BCUT2D eigenvalue weighted by Crippen LogP contribution is 2.34. The zero-order valence-electron chi connectivity index (χ0n) is 16.2. The number of ether oxygens (including phenoxy) is 2. The third kappa shape index (κ3) is 5.39. The molecule has 1 heterocycles. The van der Waals surface area contributed by atoms with Crippen LogP contribution in [0.4, 0.5) is 4.79 Å². The van der Waals surface area contributed by atoms with Crippen LogP contribution in [0.15, 0.2) is 29.5 Å². The molecule has 7 heteroatoms. The number of benzene rings is 1. The molecule has 0 saturated heterocycles. The summed E-state index contributed by atoms with van der Waals surface area (Å²) in [6.07, 6.45) is 2.12. The molecule has 1 unspecified atom stereocenters. The summed E-state index contributed by atoms with van der Waals surface area (Å²) in [4.78, 5) is 25.0. The van der Waals surface area contributed by atoms with Crippen LogP contribution in [0.2, 0.25) is 5.02 Å². The second-order valence-electron chi connectivity index (χ2n) is 6.60. The summed E-state index contributed by atoms with van der Waals surface area (Å²) in [5.41, 5.74) is 1.71. The van der Waals surface area contributed by atoms with Crippen LogP contribution in [0.1, 0.15) is 58.6 Å². The first-order chi connectivity index (χ1) is 12.9. The van der Waals surface area contributed by atoms with Crippen molar-refractivity contribution in [3.05, 3.63) is 40.1 Å². The maximum atomic E-state index is 12.8. The minimum atomic E-state index is -0.634. The molecule has 27 heavy (non-hydrogen) atoms. The molecule has 1 aromatic rings. The van der Waals surface area contributed by atoms with E-state index in [9.17, 15) is 9.59 Å². The van der Waals surface area contributed by atoms with Crippen molar-refractivity contribution in [2.45, 2.75) is 59.1 Å². The Labute approximate surface area is 165 Å². The van der Waals surface area contributed by atoms with E-state index in [1.807, 2.05) is 6.92 Å². The van der Waals surface area contributed by atoms with Crippen LogP contribution >= 0.6 is 11.6 Å². The largest absolute Gasteiger partial charge is 0.492 e. The fourth-order valence-electron chi connectivity index (χ4n) is 2.91. The van der Waals surface area contributed by atoms with Crippen molar-refractivity contribution >= 4 is 23.6 Å². The lowest BCUT2D eigenvalue weighted by molar-refractivity contribution is -0.143. The fraction of sp³-hybridized carbons (Fsp3) is 0.500. The summed E-state index contributed by atoms with van der Waals surface area (Å²) in [6.45, 7) is 8.01. The Kier molecular flexibility index (Phi) is 7.54. The van der Waals surface area contributed by atoms with Gasteiger partial charge in [0, 0.05) is 5.70 Å². The average molecular weight is 395 g/mol. The number of amides is 2. The SMILES string of the molecule is CCCCC1=C(C(=O)OC(C)C)C(c2ccc(OCC)c(Cl)c2)NC(=O)N1. The molecule has 0 saturated carbocycles. The summed E-state index contributed by atoms with van der Waals surface area (Å²) in [6, 6.07) is 4.27. The van der Waals surface area contributed by atoms with Gasteiger partial charge in [-0.1, -0.05) is 31.0 Å². The van der Waals surface area contributed by atoms with Crippen LogP contribution in [0, 0.1) is 0 Å². The van der Waals surface area contributed by atoms with Gasteiger partial charge in [-0.2, -0.15) is 0 Å². The number of carbonyl (C=O) groups excluding carboxylic acids is 2. The van der Waals surface area contributed by atoms with Gasteiger partial charge in [-0.15, -0.1) is 0 Å². The smallest absolute Gasteiger partial charge is 0.338 e. The monoisotopic (exact) mass is 394 g/mol. The van der Waals surface area contributed by atoms with Crippen LogP contribution in [-0.4, -0.2) is 24.7 Å². The lowest BCUT2D eigenvalue weighted by Crippen LogP contribution is -2.46. The van der Waals surface area contributed by atoms with Crippen LogP contribution in [0.5, 0.6) is 5.75 Å². The summed E-state index contributed by atoms with van der Waals surface area (Å²) in [5.74, 6) is 0.114. The summed E-state index contributed by atoms with van der Waals surface area (Å²) in [5, 5.41) is 6.01. The van der Waals surface area contributed by atoms with E-state index >= 15 is 0 Å². The Balaban J connectivity index is 2.47. The van der Waals surface area contributed by atoms with E-state index in [-0.39, 0.29) is 12.1 Å². The quantitative estimate of drug-likeness (QED) is 0.637. The number of nitrogens with one attached hydrogen (secondary N) is 2. The number of esters is 1. The summed E-state index contributed by atoms with van der Waals surface area (Å²) >= 11 is 6.31. The number of unbranched alkanes of at least 4 members (excludes halogenated alkanes) is 1. The lowest BCUT2D eigenvalue weighted by atomic mass is 9.93.